The lowest BCUT2D eigenvalue weighted by Crippen LogP contribution is -2.57. The Hall–Kier alpha value is -4.59. The molecule has 1 amide bonds. The van der Waals surface area contributed by atoms with Gasteiger partial charge in [-0.15, -0.1) is 0 Å². The third-order valence-corrected chi connectivity index (χ3v) is 9.65. The number of carbonyl (C=O) groups excluding carboxylic acids is 1. The van der Waals surface area contributed by atoms with E-state index >= 15 is 4.39 Å². The molecule has 228 valence electrons. The predicted molar refractivity (Wildman–Crippen MR) is 175 cm³/mol. The van der Waals surface area contributed by atoms with Crippen molar-refractivity contribution in [2.24, 2.45) is 0 Å². The van der Waals surface area contributed by atoms with Gasteiger partial charge >= 0.3 is 0 Å². The van der Waals surface area contributed by atoms with Crippen molar-refractivity contribution in [3.8, 4) is 17.2 Å². The van der Waals surface area contributed by atoms with Gasteiger partial charge in [0.25, 0.3) is 0 Å². The predicted octanol–water partition coefficient (Wildman–Crippen LogP) is 5.97. The van der Waals surface area contributed by atoms with E-state index in [1.165, 1.54) is 6.08 Å². The minimum Gasteiger partial charge on any atom is -0.353 e. The number of halogens is 2. The highest BCUT2D eigenvalue weighted by atomic mass is 35.5. The standard InChI is InChI=1S/C34H32ClFN8O/c1-4-29(45)43-12-10-22(13-21(43)9-11-37)44-33-25-14-28(35)30(26-16-38-15-20-7-5-6-8-24(20)26)31(36)32(25)40-34(27(33)17-39-44)42-18-23(19-42)41(2)3/h4-8,14-17,21-23H,1,9-10,12-13,18-19H2,2-3H3/t21-,22+/m1/s1. The number of piperidine rings is 1. The van der Waals surface area contributed by atoms with Gasteiger partial charge in [0.15, 0.2) is 5.82 Å². The Balaban J connectivity index is 1.43. The smallest absolute Gasteiger partial charge is 0.246 e. The van der Waals surface area contributed by atoms with E-state index in [4.69, 9.17) is 21.7 Å². The van der Waals surface area contributed by atoms with Gasteiger partial charge in [-0.3, -0.25) is 14.5 Å². The number of rotatable bonds is 6. The highest BCUT2D eigenvalue weighted by molar-refractivity contribution is 6.35. The Morgan fingerprint density at radius 1 is 1.20 bits per heavy atom. The van der Waals surface area contributed by atoms with Crippen LogP contribution in [0.15, 0.2) is 61.6 Å². The van der Waals surface area contributed by atoms with Crippen LogP contribution in [0.3, 0.4) is 0 Å². The molecule has 0 aliphatic carbocycles. The number of likely N-dealkylation sites (tertiary alicyclic amines) is 1. The molecule has 2 aromatic carbocycles. The number of anilines is 1. The van der Waals surface area contributed by atoms with Crippen molar-refractivity contribution in [1.29, 1.82) is 5.26 Å². The molecule has 0 spiro atoms. The van der Waals surface area contributed by atoms with Crippen LogP contribution in [-0.4, -0.2) is 81.3 Å². The van der Waals surface area contributed by atoms with Gasteiger partial charge in [-0.05, 0) is 44.5 Å². The summed E-state index contributed by atoms with van der Waals surface area (Å²) < 4.78 is 18.9. The molecule has 2 aliphatic rings. The van der Waals surface area contributed by atoms with Gasteiger partial charge in [0.05, 0.1) is 40.7 Å². The van der Waals surface area contributed by atoms with Crippen LogP contribution in [0.5, 0.6) is 0 Å². The molecular weight excluding hydrogens is 591 g/mol. The minimum absolute atomic E-state index is 0.122. The summed E-state index contributed by atoms with van der Waals surface area (Å²) in [4.78, 5) is 28.0. The maximum Gasteiger partial charge on any atom is 0.246 e. The number of amides is 1. The average Bonchev–Trinajstić information content (AvgIpc) is 3.46. The van der Waals surface area contributed by atoms with Crippen molar-refractivity contribution in [1.82, 2.24) is 29.5 Å². The van der Waals surface area contributed by atoms with Crippen LogP contribution in [0.4, 0.5) is 10.2 Å². The second-order valence-electron chi connectivity index (χ2n) is 12.1. The number of nitriles is 1. The van der Waals surface area contributed by atoms with Gasteiger partial charge < -0.3 is 14.7 Å². The van der Waals surface area contributed by atoms with Crippen molar-refractivity contribution < 1.29 is 9.18 Å². The zero-order valence-corrected chi connectivity index (χ0v) is 25.9. The van der Waals surface area contributed by atoms with Crippen LogP contribution in [-0.2, 0) is 4.79 Å². The van der Waals surface area contributed by atoms with E-state index in [1.807, 2.05) is 28.9 Å². The number of benzene rings is 2. The van der Waals surface area contributed by atoms with E-state index in [0.29, 0.717) is 42.2 Å². The van der Waals surface area contributed by atoms with Crippen LogP contribution in [0.1, 0.15) is 25.3 Å². The fraction of sp³-hybridized carbons (Fsp3) is 0.324. The highest BCUT2D eigenvalue weighted by Crippen LogP contribution is 2.43. The van der Waals surface area contributed by atoms with Gasteiger partial charge in [-0.25, -0.2) is 9.37 Å². The molecule has 5 aromatic rings. The van der Waals surface area contributed by atoms with Gasteiger partial charge in [-0.2, -0.15) is 10.4 Å². The fourth-order valence-electron chi connectivity index (χ4n) is 6.85. The molecule has 11 heteroatoms. The summed E-state index contributed by atoms with van der Waals surface area (Å²) in [6.07, 6.45) is 7.85. The molecule has 2 saturated heterocycles. The van der Waals surface area contributed by atoms with Gasteiger partial charge in [0.1, 0.15) is 11.3 Å². The van der Waals surface area contributed by atoms with Crippen molar-refractivity contribution in [3.63, 3.8) is 0 Å². The lowest BCUT2D eigenvalue weighted by molar-refractivity contribution is -0.130. The lowest BCUT2D eigenvalue weighted by Gasteiger charge is -2.43. The van der Waals surface area contributed by atoms with Crippen molar-refractivity contribution in [2.75, 3.05) is 38.6 Å². The zero-order valence-electron chi connectivity index (χ0n) is 25.1. The summed E-state index contributed by atoms with van der Waals surface area (Å²) in [6, 6.07) is 11.7. The summed E-state index contributed by atoms with van der Waals surface area (Å²) in [5.74, 6) is -0.0172. The van der Waals surface area contributed by atoms with Crippen LogP contribution in [0, 0.1) is 17.1 Å². The normalized spacial score (nSPS) is 18.9. The molecule has 0 unspecified atom stereocenters. The molecular formula is C34H32ClFN8O. The number of carbonyl (C=O) groups is 1. The number of likely N-dealkylation sites (N-methyl/N-ethyl adjacent to an activating group) is 1. The van der Waals surface area contributed by atoms with Crippen LogP contribution >= 0.6 is 11.6 Å². The van der Waals surface area contributed by atoms with Gasteiger partial charge in [-0.1, -0.05) is 42.4 Å². The first kappa shape index (κ1) is 29.1. The van der Waals surface area contributed by atoms with Crippen LogP contribution in [0.25, 0.3) is 43.7 Å². The lowest BCUT2D eigenvalue weighted by atomic mass is 9.94. The molecule has 9 nitrogen and oxygen atoms in total. The van der Waals surface area contributed by atoms with Gasteiger partial charge in [0.2, 0.25) is 5.91 Å². The monoisotopic (exact) mass is 622 g/mol. The zero-order chi connectivity index (χ0) is 31.4. The molecule has 2 atom stereocenters. The first-order valence-corrected chi connectivity index (χ1v) is 15.4. The summed E-state index contributed by atoms with van der Waals surface area (Å²) >= 11 is 6.95. The van der Waals surface area contributed by atoms with E-state index in [1.54, 1.807) is 29.6 Å². The molecule has 7 rings (SSSR count). The Morgan fingerprint density at radius 3 is 2.76 bits per heavy atom. The van der Waals surface area contributed by atoms with E-state index in [-0.39, 0.29) is 40.5 Å². The van der Waals surface area contributed by atoms with Crippen molar-refractivity contribution in [3.05, 3.63) is 72.4 Å². The minimum atomic E-state index is -0.509. The molecule has 0 N–H and O–H groups in total. The first-order valence-electron chi connectivity index (χ1n) is 15.0. The topological polar surface area (TPSA) is 94.2 Å². The van der Waals surface area contributed by atoms with Crippen LogP contribution < -0.4 is 4.90 Å². The Kier molecular flexibility index (Phi) is 7.38. The number of hydrogen-bond donors (Lipinski definition) is 0. The van der Waals surface area contributed by atoms with E-state index in [0.717, 1.165) is 34.8 Å². The molecule has 0 radical (unpaired) electrons. The number of pyridine rings is 2. The van der Waals surface area contributed by atoms with Crippen LogP contribution in [0.2, 0.25) is 5.02 Å². The molecule has 3 aromatic heterocycles. The summed E-state index contributed by atoms with van der Waals surface area (Å²) in [5.41, 5.74) is 1.82. The first-order chi connectivity index (χ1) is 21.8. The maximum absolute atomic E-state index is 16.9. The second kappa shape index (κ2) is 11.4. The van der Waals surface area contributed by atoms with Crippen molar-refractivity contribution in [2.45, 2.75) is 37.4 Å². The Morgan fingerprint density at radius 2 is 2.00 bits per heavy atom. The third kappa shape index (κ3) is 4.78. The summed E-state index contributed by atoms with van der Waals surface area (Å²) in [7, 11) is 4.10. The molecule has 0 saturated carbocycles. The largest absolute Gasteiger partial charge is 0.353 e. The summed E-state index contributed by atoms with van der Waals surface area (Å²) in [6.45, 7) is 5.61. The highest BCUT2D eigenvalue weighted by Gasteiger charge is 2.35. The molecule has 5 heterocycles. The second-order valence-corrected chi connectivity index (χ2v) is 12.5. The van der Waals surface area contributed by atoms with E-state index < -0.39 is 5.82 Å². The Labute approximate surface area is 265 Å². The van der Waals surface area contributed by atoms with E-state index in [2.05, 4.69) is 41.5 Å². The third-order valence-electron chi connectivity index (χ3n) is 9.35. The maximum atomic E-state index is 16.9. The molecule has 2 fully saturated rings. The Bertz CT molecular complexity index is 2020. The average molecular weight is 623 g/mol. The van der Waals surface area contributed by atoms with Gasteiger partial charge in [0, 0.05) is 66.0 Å². The van der Waals surface area contributed by atoms with E-state index in [9.17, 15) is 10.1 Å². The number of fused-ring (bicyclic) bond motifs is 4. The number of hydrogen-bond acceptors (Lipinski definition) is 7. The molecule has 45 heavy (non-hydrogen) atoms. The SMILES string of the molecule is C=CC(=O)N1CC[C@H](n2ncc3c(N4CC(N(C)C)C4)nc4c(F)c(-c5cncc6ccccc56)c(Cl)cc4c32)C[C@H]1CC#N. The molecule has 2 aliphatic heterocycles. The fourth-order valence-corrected chi connectivity index (χ4v) is 7.15. The number of nitrogens with zero attached hydrogens (tertiary/aromatic N) is 8. The van der Waals surface area contributed by atoms with Crippen molar-refractivity contribution >= 4 is 55.9 Å². The quantitative estimate of drug-likeness (QED) is 0.215. The molecule has 0 bridgehead atoms. The number of aromatic nitrogens is 4. The summed E-state index contributed by atoms with van der Waals surface area (Å²) in [5, 5.41) is 17.8.